The van der Waals surface area contributed by atoms with Gasteiger partial charge in [0.1, 0.15) is 5.01 Å². The molecule has 0 amide bonds. The highest BCUT2D eigenvalue weighted by atomic mass is 32.1. The molecule has 0 aromatic carbocycles. The van der Waals surface area contributed by atoms with Crippen LogP contribution < -0.4 is 10.6 Å². The lowest BCUT2D eigenvalue weighted by Crippen LogP contribution is -2.36. The number of aromatic nitrogens is 3. The summed E-state index contributed by atoms with van der Waals surface area (Å²) in [5.74, 6) is 0.771. The van der Waals surface area contributed by atoms with Crippen LogP contribution in [-0.4, -0.2) is 27.8 Å². The van der Waals surface area contributed by atoms with Gasteiger partial charge < -0.3 is 10.6 Å². The molecule has 0 atom stereocenters. The van der Waals surface area contributed by atoms with Gasteiger partial charge in [0.2, 0.25) is 0 Å². The fourth-order valence-electron chi connectivity index (χ4n) is 2.24. The van der Waals surface area contributed by atoms with Gasteiger partial charge in [0.15, 0.2) is 5.96 Å². The average molecular weight is 320 g/mol. The molecule has 7 heteroatoms. The molecular formula is C15H24N6S. The first-order valence-electron chi connectivity index (χ1n) is 7.28. The van der Waals surface area contributed by atoms with E-state index in [1.54, 1.807) is 18.4 Å². The van der Waals surface area contributed by atoms with Crippen LogP contribution in [0.5, 0.6) is 0 Å². The van der Waals surface area contributed by atoms with Gasteiger partial charge in [0, 0.05) is 36.8 Å². The van der Waals surface area contributed by atoms with Crippen LogP contribution in [0.15, 0.2) is 4.99 Å². The Hall–Kier alpha value is -1.89. The van der Waals surface area contributed by atoms with E-state index in [1.165, 1.54) is 16.1 Å². The summed E-state index contributed by atoms with van der Waals surface area (Å²) >= 11 is 1.72. The van der Waals surface area contributed by atoms with Crippen molar-refractivity contribution in [2.75, 3.05) is 7.05 Å². The summed E-state index contributed by atoms with van der Waals surface area (Å²) in [6.45, 7) is 9.63. The zero-order chi connectivity index (χ0) is 16.3. The van der Waals surface area contributed by atoms with Crippen molar-refractivity contribution in [2.24, 2.45) is 12.0 Å². The first kappa shape index (κ1) is 16.5. The average Bonchev–Trinajstić information content (AvgIpc) is 2.92. The minimum absolute atomic E-state index is 0.685. The van der Waals surface area contributed by atoms with Crippen molar-refractivity contribution in [1.29, 1.82) is 0 Å². The topological polar surface area (TPSA) is 67.1 Å². The van der Waals surface area contributed by atoms with Gasteiger partial charge >= 0.3 is 0 Å². The highest BCUT2D eigenvalue weighted by Crippen LogP contribution is 2.16. The quantitative estimate of drug-likeness (QED) is 0.668. The number of hydrogen-bond acceptors (Lipinski definition) is 4. The fraction of sp³-hybridized carbons (Fsp3) is 0.533. The Labute approximate surface area is 135 Å². The maximum atomic E-state index is 4.53. The van der Waals surface area contributed by atoms with Crippen molar-refractivity contribution < 1.29 is 0 Å². The molecule has 0 aliphatic rings. The van der Waals surface area contributed by atoms with Crippen LogP contribution >= 0.6 is 11.3 Å². The van der Waals surface area contributed by atoms with Crippen LogP contribution in [0.4, 0.5) is 0 Å². The van der Waals surface area contributed by atoms with Crippen LogP contribution in [0.25, 0.3) is 0 Å². The Bertz CT molecular complexity index is 663. The van der Waals surface area contributed by atoms with Gasteiger partial charge in [-0.1, -0.05) is 0 Å². The van der Waals surface area contributed by atoms with Gasteiger partial charge in [-0.15, -0.1) is 11.3 Å². The maximum absolute atomic E-state index is 4.53. The van der Waals surface area contributed by atoms with E-state index in [0.29, 0.717) is 13.1 Å². The summed E-state index contributed by atoms with van der Waals surface area (Å²) in [5, 5.41) is 12.1. The normalized spacial score (nSPS) is 11.8. The van der Waals surface area contributed by atoms with Crippen molar-refractivity contribution in [3.63, 3.8) is 0 Å². The molecule has 22 heavy (non-hydrogen) atoms. The highest BCUT2D eigenvalue weighted by molar-refractivity contribution is 7.11. The van der Waals surface area contributed by atoms with Crippen LogP contribution in [0.2, 0.25) is 0 Å². The highest BCUT2D eigenvalue weighted by Gasteiger charge is 2.10. The minimum atomic E-state index is 0.685. The lowest BCUT2D eigenvalue weighted by Gasteiger charge is -2.11. The van der Waals surface area contributed by atoms with Gasteiger partial charge in [0.05, 0.1) is 17.9 Å². The SMILES string of the molecule is CN=C(NCc1nc(C)c(C)s1)NCc1c(C)nn(C)c1C. The van der Waals surface area contributed by atoms with E-state index in [0.717, 1.165) is 22.4 Å². The van der Waals surface area contributed by atoms with Crippen molar-refractivity contribution in [1.82, 2.24) is 25.4 Å². The van der Waals surface area contributed by atoms with E-state index >= 15 is 0 Å². The monoisotopic (exact) mass is 320 g/mol. The summed E-state index contributed by atoms with van der Waals surface area (Å²) in [7, 11) is 3.74. The number of thiazole rings is 1. The second-order valence-electron chi connectivity index (χ2n) is 5.30. The van der Waals surface area contributed by atoms with Gasteiger partial charge in [-0.05, 0) is 27.7 Å². The first-order chi connectivity index (χ1) is 10.4. The van der Waals surface area contributed by atoms with Crippen LogP contribution in [0.1, 0.15) is 32.5 Å². The third-order valence-corrected chi connectivity index (χ3v) is 4.87. The smallest absolute Gasteiger partial charge is 0.191 e. The van der Waals surface area contributed by atoms with Crippen molar-refractivity contribution in [3.8, 4) is 0 Å². The molecule has 2 aromatic rings. The summed E-state index contributed by atoms with van der Waals surface area (Å²) < 4.78 is 1.91. The molecule has 0 aliphatic carbocycles. The van der Waals surface area contributed by atoms with E-state index in [-0.39, 0.29) is 0 Å². The second-order valence-corrected chi connectivity index (χ2v) is 6.59. The van der Waals surface area contributed by atoms with Gasteiger partial charge in [-0.2, -0.15) is 5.10 Å². The van der Waals surface area contributed by atoms with Crippen LogP contribution in [-0.2, 0) is 20.1 Å². The fourth-order valence-corrected chi connectivity index (χ4v) is 3.11. The third kappa shape index (κ3) is 3.65. The Morgan fingerprint density at radius 1 is 1.14 bits per heavy atom. The summed E-state index contributed by atoms with van der Waals surface area (Å²) in [6.07, 6.45) is 0. The predicted octanol–water partition coefficient (Wildman–Crippen LogP) is 1.98. The number of aliphatic imine (C=N–C) groups is 1. The number of rotatable bonds is 4. The molecule has 2 aromatic heterocycles. The Morgan fingerprint density at radius 2 is 1.82 bits per heavy atom. The molecule has 0 fully saturated rings. The van der Waals surface area contributed by atoms with Gasteiger partial charge in [-0.3, -0.25) is 9.67 Å². The van der Waals surface area contributed by atoms with E-state index in [1.807, 2.05) is 25.6 Å². The summed E-state index contributed by atoms with van der Waals surface area (Å²) in [4.78, 5) is 10.0. The standard InChI is InChI=1S/C15H24N6S/c1-9-12(4)22-14(19-9)8-18-15(16-5)17-7-13-10(2)20-21(6)11(13)3/h7-8H2,1-6H3,(H2,16,17,18). The zero-order valence-corrected chi connectivity index (χ0v) is 14.9. The van der Waals surface area contributed by atoms with E-state index in [9.17, 15) is 0 Å². The first-order valence-corrected chi connectivity index (χ1v) is 8.10. The number of hydrogen-bond donors (Lipinski definition) is 2. The zero-order valence-electron chi connectivity index (χ0n) is 14.1. The molecule has 120 valence electrons. The van der Waals surface area contributed by atoms with E-state index < -0.39 is 0 Å². The summed E-state index contributed by atoms with van der Waals surface area (Å²) in [5.41, 5.74) is 4.54. The number of nitrogens with one attached hydrogen (secondary N) is 2. The Balaban J connectivity index is 1.93. The van der Waals surface area contributed by atoms with Crippen molar-refractivity contribution >= 4 is 17.3 Å². The third-order valence-electron chi connectivity index (χ3n) is 3.79. The van der Waals surface area contributed by atoms with Gasteiger partial charge in [0.25, 0.3) is 0 Å². The number of aryl methyl sites for hydroxylation is 4. The lowest BCUT2D eigenvalue weighted by molar-refractivity contribution is 0.728. The second kappa shape index (κ2) is 6.91. The van der Waals surface area contributed by atoms with Crippen LogP contribution in [0, 0.1) is 27.7 Å². The van der Waals surface area contributed by atoms with E-state index in [4.69, 9.17) is 0 Å². The van der Waals surface area contributed by atoms with Gasteiger partial charge in [-0.25, -0.2) is 4.98 Å². The molecule has 2 heterocycles. The molecule has 0 saturated heterocycles. The molecule has 0 unspecified atom stereocenters. The van der Waals surface area contributed by atoms with Crippen molar-refractivity contribution in [2.45, 2.75) is 40.8 Å². The molecule has 2 N–H and O–H groups in total. The Kier molecular flexibility index (Phi) is 5.18. The predicted molar refractivity (Wildman–Crippen MR) is 91.3 cm³/mol. The molecule has 6 nitrogen and oxygen atoms in total. The van der Waals surface area contributed by atoms with E-state index in [2.05, 4.69) is 39.6 Å². The Morgan fingerprint density at radius 3 is 2.32 bits per heavy atom. The maximum Gasteiger partial charge on any atom is 0.191 e. The molecule has 0 radical (unpaired) electrons. The molecule has 0 saturated carbocycles. The molecule has 2 rings (SSSR count). The molecular weight excluding hydrogens is 296 g/mol. The lowest BCUT2D eigenvalue weighted by atomic mass is 10.2. The van der Waals surface area contributed by atoms with Crippen molar-refractivity contribution in [3.05, 3.63) is 32.5 Å². The number of guanidine groups is 1. The number of nitrogens with zero attached hydrogens (tertiary/aromatic N) is 4. The summed E-state index contributed by atoms with van der Waals surface area (Å²) in [6, 6.07) is 0. The molecule has 0 spiro atoms. The van der Waals surface area contributed by atoms with Crippen LogP contribution in [0.3, 0.4) is 0 Å². The molecule has 0 bridgehead atoms. The molecule has 0 aliphatic heterocycles. The minimum Gasteiger partial charge on any atom is -0.352 e. The largest absolute Gasteiger partial charge is 0.352 e.